The molecule has 3 nitrogen and oxygen atoms in total. The minimum atomic E-state index is -0.252. The van der Waals surface area contributed by atoms with Crippen molar-refractivity contribution in [1.82, 2.24) is 10.6 Å². The zero-order valence-corrected chi connectivity index (χ0v) is 11.9. The number of hydrogen-bond acceptors (Lipinski definition) is 2. The van der Waals surface area contributed by atoms with Crippen LogP contribution >= 0.6 is 0 Å². The molecule has 0 heterocycles. The molecular weight excluding hydrogens is 236 g/mol. The van der Waals surface area contributed by atoms with Crippen molar-refractivity contribution >= 4 is 5.91 Å². The number of nitrogens with one attached hydrogen (secondary N) is 2. The van der Waals surface area contributed by atoms with E-state index in [1.165, 1.54) is 11.1 Å². The Hall–Kier alpha value is -1.79. The van der Waals surface area contributed by atoms with Crippen molar-refractivity contribution in [2.24, 2.45) is 0 Å². The Bertz CT molecular complexity index is 443. The maximum atomic E-state index is 11.6. The first-order valence-corrected chi connectivity index (χ1v) is 6.58. The van der Waals surface area contributed by atoms with Crippen LogP contribution in [0.15, 0.2) is 24.3 Å². The van der Waals surface area contributed by atoms with Crippen LogP contribution in [-0.2, 0) is 11.3 Å². The van der Waals surface area contributed by atoms with Crippen molar-refractivity contribution < 1.29 is 4.79 Å². The van der Waals surface area contributed by atoms with Crippen LogP contribution < -0.4 is 10.6 Å². The minimum absolute atomic E-state index is 0.0725. The summed E-state index contributed by atoms with van der Waals surface area (Å²) < 4.78 is 0. The largest absolute Gasteiger partial charge is 0.344 e. The molecule has 2 N–H and O–H groups in total. The molecule has 0 spiro atoms. The summed E-state index contributed by atoms with van der Waals surface area (Å²) in [5, 5.41) is 5.83. The average molecular weight is 258 g/mol. The number of rotatable bonds is 6. The molecule has 1 aromatic carbocycles. The summed E-state index contributed by atoms with van der Waals surface area (Å²) >= 11 is 0. The first-order valence-electron chi connectivity index (χ1n) is 6.58. The van der Waals surface area contributed by atoms with Crippen LogP contribution in [0.2, 0.25) is 0 Å². The first kappa shape index (κ1) is 15.3. The zero-order chi connectivity index (χ0) is 14.3. The van der Waals surface area contributed by atoms with Crippen LogP contribution in [0.4, 0.5) is 0 Å². The third kappa shape index (κ3) is 5.15. The molecule has 0 saturated carbocycles. The second-order valence-corrected chi connectivity index (χ2v) is 4.92. The highest BCUT2D eigenvalue weighted by atomic mass is 16.2. The number of hydrogen-bond donors (Lipinski definition) is 2. The fraction of sp³-hybridized carbons (Fsp3) is 0.438. The Kier molecular flexibility index (Phi) is 6.11. The number of amides is 1. The molecule has 0 bridgehead atoms. The number of terminal acetylenes is 1. The van der Waals surface area contributed by atoms with Gasteiger partial charge in [-0.25, -0.2) is 0 Å². The molecule has 0 radical (unpaired) electrons. The Labute approximate surface area is 115 Å². The summed E-state index contributed by atoms with van der Waals surface area (Å²) in [6.45, 7) is 7.11. The van der Waals surface area contributed by atoms with Crippen molar-refractivity contribution in [2.45, 2.75) is 39.3 Å². The van der Waals surface area contributed by atoms with Gasteiger partial charge >= 0.3 is 0 Å². The average Bonchev–Trinajstić information content (AvgIpc) is 2.42. The SMILES string of the molecule is C#CCNC(=O)C(C)NCc1ccc(C(C)C)cc1. The van der Waals surface area contributed by atoms with Gasteiger partial charge in [0.25, 0.3) is 0 Å². The van der Waals surface area contributed by atoms with Gasteiger partial charge in [-0.15, -0.1) is 6.42 Å². The summed E-state index contributed by atoms with van der Waals surface area (Å²) in [5.74, 6) is 2.85. The minimum Gasteiger partial charge on any atom is -0.344 e. The third-order valence-electron chi connectivity index (χ3n) is 3.02. The van der Waals surface area contributed by atoms with Gasteiger partial charge in [-0.1, -0.05) is 44.0 Å². The van der Waals surface area contributed by atoms with E-state index in [0.717, 1.165) is 0 Å². The van der Waals surface area contributed by atoms with Gasteiger partial charge in [0.2, 0.25) is 5.91 Å². The number of carbonyl (C=O) groups excluding carboxylic acids is 1. The quantitative estimate of drug-likeness (QED) is 0.767. The lowest BCUT2D eigenvalue weighted by molar-refractivity contribution is -0.122. The van der Waals surface area contributed by atoms with Gasteiger partial charge in [0, 0.05) is 6.54 Å². The lowest BCUT2D eigenvalue weighted by Crippen LogP contribution is -2.41. The molecule has 1 unspecified atom stereocenters. The third-order valence-corrected chi connectivity index (χ3v) is 3.02. The van der Waals surface area contributed by atoms with Crippen molar-refractivity contribution in [2.75, 3.05) is 6.54 Å². The molecule has 0 aliphatic heterocycles. The lowest BCUT2D eigenvalue weighted by atomic mass is 10.0. The Morgan fingerprint density at radius 1 is 1.26 bits per heavy atom. The van der Waals surface area contributed by atoms with Crippen LogP contribution in [0.25, 0.3) is 0 Å². The second-order valence-electron chi connectivity index (χ2n) is 4.92. The van der Waals surface area contributed by atoms with Gasteiger partial charge in [0.15, 0.2) is 0 Å². The Morgan fingerprint density at radius 3 is 2.42 bits per heavy atom. The predicted molar refractivity (Wildman–Crippen MR) is 78.7 cm³/mol. The van der Waals surface area contributed by atoms with E-state index in [4.69, 9.17) is 6.42 Å². The molecule has 1 atom stereocenters. The van der Waals surface area contributed by atoms with Crippen LogP contribution in [0, 0.1) is 12.3 Å². The summed E-state index contributed by atoms with van der Waals surface area (Å²) in [4.78, 5) is 11.6. The topological polar surface area (TPSA) is 41.1 Å². The highest BCUT2D eigenvalue weighted by Gasteiger charge is 2.10. The fourth-order valence-electron chi connectivity index (χ4n) is 1.68. The smallest absolute Gasteiger partial charge is 0.237 e. The van der Waals surface area contributed by atoms with Crippen molar-refractivity contribution in [3.63, 3.8) is 0 Å². The van der Waals surface area contributed by atoms with Gasteiger partial charge < -0.3 is 10.6 Å². The van der Waals surface area contributed by atoms with E-state index >= 15 is 0 Å². The van der Waals surface area contributed by atoms with Crippen molar-refractivity contribution in [1.29, 1.82) is 0 Å². The van der Waals surface area contributed by atoms with Crippen LogP contribution in [0.1, 0.15) is 37.8 Å². The summed E-state index contributed by atoms with van der Waals surface area (Å²) in [7, 11) is 0. The van der Waals surface area contributed by atoms with E-state index in [9.17, 15) is 4.79 Å². The fourth-order valence-corrected chi connectivity index (χ4v) is 1.68. The van der Waals surface area contributed by atoms with Crippen LogP contribution in [0.5, 0.6) is 0 Å². The monoisotopic (exact) mass is 258 g/mol. The summed E-state index contributed by atoms with van der Waals surface area (Å²) in [5.41, 5.74) is 2.49. The molecule has 102 valence electrons. The zero-order valence-electron chi connectivity index (χ0n) is 11.9. The number of benzene rings is 1. The van der Waals surface area contributed by atoms with Gasteiger partial charge in [-0.05, 0) is 24.0 Å². The maximum absolute atomic E-state index is 11.6. The Balaban J connectivity index is 2.44. The Morgan fingerprint density at radius 2 is 1.89 bits per heavy atom. The van der Waals surface area contributed by atoms with Gasteiger partial charge in [-0.2, -0.15) is 0 Å². The standard InChI is InChI=1S/C16H22N2O/c1-5-10-17-16(19)13(4)18-11-14-6-8-15(9-7-14)12(2)3/h1,6-9,12-13,18H,10-11H2,2-4H3,(H,17,19). The highest BCUT2D eigenvalue weighted by Crippen LogP contribution is 2.14. The lowest BCUT2D eigenvalue weighted by Gasteiger charge is -2.13. The molecule has 1 aromatic rings. The van der Waals surface area contributed by atoms with E-state index < -0.39 is 0 Å². The van der Waals surface area contributed by atoms with Gasteiger partial charge in [0.05, 0.1) is 12.6 Å². The van der Waals surface area contributed by atoms with E-state index in [1.807, 2.05) is 6.92 Å². The van der Waals surface area contributed by atoms with Gasteiger partial charge in [0.1, 0.15) is 0 Å². The molecule has 0 fully saturated rings. The highest BCUT2D eigenvalue weighted by molar-refractivity contribution is 5.81. The molecule has 0 saturated heterocycles. The summed E-state index contributed by atoms with van der Waals surface area (Å²) in [6, 6.07) is 8.19. The van der Waals surface area contributed by atoms with Crippen molar-refractivity contribution in [3.05, 3.63) is 35.4 Å². The van der Waals surface area contributed by atoms with E-state index in [-0.39, 0.29) is 18.5 Å². The molecule has 19 heavy (non-hydrogen) atoms. The maximum Gasteiger partial charge on any atom is 0.237 e. The molecular formula is C16H22N2O. The van der Waals surface area contributed by atoms with Crippen LogP contribution in [-0.4, -0.2) is 18.5 Å². The molecule has 1 amide bonds. The summed E-state index contributed by atoms with van der Waals surface area (Å²) in [6.07, 6.45) is 5.10. The van der Waals surface area contributed by atoms with Crippen LogP contribution in [0.3, 0.4) is 0 Å². The molecule has 1 rings (SSSR count). The normalized spacial score (nSPS) is 11.9. The second kappa shape index (κ2) is 7.60. The van der Waals surface area contributed by atoms with E-state index in [0.29, 0.717) is 12.5 Å². The van der Waals surface area contributed by atoms with E-state index in [1.54, 1.807) is 0 Å². The van der Waals surface area contributed by atoms with Crippen molar-refractivity contribution in [3.8, 4) is 12.3 Å². The molecule has 3 heteroatoms. The van der Waals surface area contributed by atoms with E-state index in [2.05, 4.69) is 54.7 Å². The molecule has 0 aliphatic rings. The van der Waals surface area contributed by atoms with Gasteiger partial charge in [-0.3, -0.25) is 4.79 Å². The molecule has 0 aliphatic carbocycles. The number of carbonyl (C=O) groups is 1. The predicted octanol–water partition coefficient (Wildman–Crippen LogP) is 2.04. The first-order chi connectivity index (χ1) is 9.04. The molecule has 0 aromatic heterocycles.